The monoisotopic (exact) mass is 279 g/mol. The molecule has 3 nitrogen and oxygen atoms in total. The molecular formula is C17H29NO2. The molecule has 0 spiro atoms. The third-order valence-electron chi connectivity index (χ3n) is 2.96. The van der Waals surface area contributed by atoms with Gasteiger partial charge in [0.05, 0.1) is 12.2 Å². The standard InChI is InChI=1S/C17H29NO2/c1-7-18-12-15-10-13(2)16(14(3)11-15)19-8-9-20-17(4,5)6/h10-11,18H,7-9,12H2,1-6H3. The molecule has 0 unspecified atom stereocenters. The van der Waals surface area contributed by atoms with Crippen LogP contribution in [0.1, 0.15) is 44.4 Å². The second-order valence-corrected chi connectivity index (χ2v) is 6.15. The molecule has 0 saturated carbocycles. The van der Waals surface area contributed by atoms with Crippen molar-refractivity contribution in [1.82, 2.24) is 5.32 Å². The van der Waals surface area contributed by atoms with Gasteiger partial charge in [-0.1, -0.05) is 19.1 Å². The molecule has 20 heavy (non-hydrogen) atoms. The van der Waals surface area contributed by atoms with Crippen molar-refractivity contribution in [3.05, 3.63) is 28.8 Å². The first kappa shape index (κ1) is 17.0. The molecule has 0 aliphatic rings. The Labute approximate surface area is 123 Å². The molecule has 1 aromatic carbocycles. The average Bonchev–Trinajstić information content (AvgIpc) is 2.33. The van der Waals surface area contributed by atoms with Crippen LogP contribution in [-0.2, 0) is 11.3 Å². The van der Waals surface area contributed by atoms with Gasteiger partial charge in [0.1, 0.15) is 12.4 Å². The van der Waals surface area contributed by atoms with Crippen LogP contribution in [0.15, 0.2) is 12.1 Å². The zero-order valence-electron chi connectivity index (χ0n) is 13.8. The molecule has 0 heterocycles. The van der Waals surface area contributed by atoms with Crippen molar-refractivity contribution in [2.75, 3.05) is 19.8 Å². The molecule has 0 aromatic heterocycles. The molecule has 0 atom stereocenters. The number of hydrogen-bond donors (Lipinski definition) is 1. The minimum absolute atomic E-state index is 0.108. The fourth-order valence-corrected chi connectivity index (χ4v) is 2.13. The summed E-state index contributed by atoms with van der Waals surface area (Å²) in [6, 6.07) is 4.38. The lowest BCUT2D eigenvalue weighted by Crippen LogP contribution is -2.22. The molecule has 0 aliphatic carbocycles. The van der Waals surface area contributed by atoms with Crippen molar-refractivity contribution >= 4 is 0 Å². The molecule has 0 radical (unpaired) electrons. The first-order valence-corrected chi connectivity index (χ1v) is 7.41. The van der Waals surface area contributed by atoms with E-state index in [0.29, 0.717) is 13.2 Å². The summed E-state index contributed by atoms with van der Waals surface area (Å²) in [7, 11) is 0. The fraction of sp³-hybridized carbons (Fsp3) is 0.647. The van der Waals surface area contributed by atoms with Crippen LogP contribution in [0.2, 0.25) is 0 Å². The van der Waals surface area contributed by atoms with Gasteiger partial charge in [0.2, 0.25) is 0 Å². The SMILES string of the molecule is CCNCc1cc(C)c(OCCOC(C)(C)C)c(C)c1. The molecule has 0 amide bonds. The summed E-state index contributed by atoms with van der Waals surface area (Å²) in [4.78, 5) is 0. The highest BCUT2D eigenvalue weighted by molar-refractivity contribution is 5.43. The smallest absolute Gasteiger partial charge is 0.125 e. The van der Waals surface area contributed by atoms with Crippen LogP contribution in [0.25, 0.3) is 0 Å². The Morgan fingerprint density at radius 3 is 2.15 bits per heavy atom. The van der Waals surface area contributed by atoms with E-state index in [9.17, 15) is 0 Å². The number of benzene rings is 1. The predicted molar refractivity (Wildman–Crippen MR) is 84.5 cm³/mol. The molecule has 3 heteroatoms. The molecule has 1 rings (SSSR count). The van der Waals surface area contributed by atoms with E-state index in [1.807, 2.05) is 0 Å². The maximum Gasteiger partial charge on any atom is 0.125 e. The largest absolute Gasteiger partial charge is 0.491 e. The van der Waals surface area contributed by atoms with Gasteiger partial charge in [0.15, 0.2) is 0 Å². The number of aryl methyl sites for hydroxylation is 2. The molecule has 1 N–H and O–H groups in total. The number of rotatable bonds is 7. The van der Waals surface area contributed by atoms with E-state index < -0.39 is 0 Å². The second kappa shape index (κ2) is 7.65. The maximum atomic E-state index is 5.88. The Bertz CT molecular complexity index is 398. The Hall–Kier alpha value is -1.06. The molecule has 0 bridgehead atoms. The minimum atomic E-state index is -0.108. The van der Waals surface area contributed by atoms with Crippen LogP contribution in [0.4, 0.5) is 0 Å². The fourth-order valence-electron chi connectivity index (χ4n) is 2.13. The highest BCUT2D eigenvalue weighted by Crippen LogP contribution is 2.25. The van der Waals surface area contributed by atoms with Crippen LogP contribution >= 0.6 is 0 Å². The van der Waals surface area contributed by atoms with Crippen LogP contribution in [0.5, 0.6) is 5.75 Å². The summed E-state index contributed by atoms with van der Waals surface area (Å²) in [5, 5.41) is 3.35. The predicted octanol–water partition coefficient (Wildman–Crippen LogP) is 3.61. The summed E-state index contributed by atoms with van der Waals surface area (Å²) < 4.78 is 11.5. The molecule has 0 saturated heterocycles. The van der Waals surface area contributed by atoms with E-state index in [4.69, 9.17) is 9.47 Å². The van der Waals surface area contributed by atoms with Gasteiger partial charge < -0.3 is 14.8 Å². The highest BCUT2D eigenvalue weighted by Gasteiger charge is 2.10. The van der Waals surface area contributed by atoms with E-state index in [1.165, 1.54) is 16.7 Å². The lowest BCUT2D eigenvalue weighted by atomic mass is 10.1. The van der Waals surface area contributed by atoms with Gasteiger partial charge in [-0.25, -0.2) is 0 Å². The first-order chi connectivity index (χ1) is 9.33. The summed E-state index contributed by atoms with van der Waals surface area (Å²) in [5.41, 5.74) is 3.57. The zero-order valence-corrected chi connectivity index (χ0v) is 13.8. The van der Waals surface area contributed by atoms with Crippen molar-refractivity contribution in [3.63, 3.8) is 0 Å². The van der Waals surface area contributed by atoms with E-state index in [-0.39, 0.29) is 5.60 Å². The van der Waals surface area contributed by atoms with Crippen LogP contribution in [0, 0.1) is 13.8 Å². The Morgan fingerprint density at radius 2 is 1.65 bits per heavy atom. The Morgan fingerprint density at radius 1 is 1.05 bits per heavy atom. The van der Waals surface area contributed by atoms with Gasteiger partial charge in [0.25, 0.3) is 0 Å². The molecule has 114 valence electrons. The van der Waals surface area contributed by atoms with Crippen molar-refractivity contribution < 1.29 is 9.47 Å². The van der Waals surface area contributed by atoms with E-state index in [2.05, 4.69) is 59.0 Å². The third kappa shape index (κ3) is 5.93. The van der Waals surface area contributed by atoms with Crippen LogP contribution in [-0.4, -0.2) is 25.4 Å². The van der Waals surface area contributed by atoms with E-state index >= 15 is 0 Å². The first-order valence-electron chi connectivity index (χ1n) is 7.41. The Kier molecular flexibility index (Phi) is 6.50. The van der Waals surface area contributed by atoms with E-state index in [1.54, 1.807) is 0 Å². The maximum absolute atomic E-state index is 5.88. The summed E-state index contributed by atoms with van der Waals surface area (Å²) in [6.45, 7) is 15.6. The van der Waals surface area contributed by atoms with Gasteiger partial charge in [-0.15, -0.1) is 0 Å². The van der Waals surface area contributed by atoms with Gasteiger partial charge >= 0.3 is 0 Å². The second-order valence-electron chi connectivity index (χ2n) is 6.15. The minimum Gasteiger partial charge on any atom is -0.491 e. The van der Waals surface area contributed by atoms with Crippen molar-refractivity contribution in [1.29, 1.82) is 0 Å². The van der Waals surface area contributed by atoms with Crippen LogP contribution in [0.3, 0.4) is 0 Å². The molecular weight excluding hydrogens is 250 g/mol. The van der Waals surface area contributed by atoms with Gasteiger partial charge in [-0.2, -0.15) is 0 Å². The number of ether oxygens (including phenoxy) is 2. The molecule has 1 aromatic rings. The summed E-state index contributed by atoms with van der Waals surface area (Å²) in [6.07, 6.45) is 0. The van der Waals surface area contributed by atoms with Crippen molar-refractivity contribution in [2.45, 2.75) is 53.7 Å². The van der Waals surface area contributed by atoms with Crippen molar-refractivity contribution in [2.24, 2.45) is 0 Å². The summed E-state index contributed by atoms with van der Waals surface area (Å²) in [5.74, 6) is 0.989. The topological polar surface area (TPSA) is 30.5 Å². The highest BCUT2D eigenvalue weighted by atomic mass is 16.5. The van der Waals surface area contributed by atoms with Gasteiger partial charge in [-0.3, -0.25) is 0 Å². The van der Waals surface area contributed by atoms with Gasteiger partial charge in [0, 0.05) is 6.54 Å². The normalized spacial score (nSPS) is 11.7. The van der Waals surface area contributed by atoms with Crippen molar-refractivity contribution in [3.8, 4) is 5.75 Å². The number of hydrogen-bond acceptors (Lipinski definition) is 3. The third-order valence-corrected chi connectivity index (χ3v) is 2.96. The molecule has 0 aliphatic heterocycles. The number of nitrogens with one attached hydrogen (secondary N) is 1. The van der Waals surface area contributed by atoms with Crippen LogP contribution < -0.4 is 10.1 Å². The summed E-state index contributed by atoms with van der Waals surface area (Å²) >= 11 is 0. The van der Waals surface area contributed by atoms with E-state index in [0.717, 1.165) is 18.8 Å². The zero-order chi connectivity index (χ0) is 15.2. The average molecular weight is 279 g/mol. The lowest BCUT2D eigenvalue weighted by molar-refractivity contribution is -0.0164. The quantitative estimate of drug-likeness (QED) is 0.773. The lowest BCUT2D eigenvalue weighted by Gasteiger charge is -2.20. The molecule has 0 fully saturated rings. The van der Waals surface area contributed by atoms with Gasteiger partial charge in [-0.05, 0) is 57.9 Å². The Balaban J connectivity index is 2.58.